The predicted octanol–water partition coefficient (Wildman–Crippen LogP) is 2.67. The first-order valence-corrected chi connectivity index (χ1v) is 8.90. The number of anilines is 1. The van der Waals surface area contributed by atoms with Crippen LogP contribution in [0.25, 0.3) is 11.0 Å². The van der Waals surface area contributed by atoms with Crippen molar-refractivity contribution in [2.24, 2.45) is 11.8 Å². The van der Waals surface area contributed by atoms with Crippen LogP contribution in [0.2, 0.25) is 0 Å². The lowest BCUT2D eigenvalue weighted by Crippen LogP contribution is -2.61. The molecule has 0 bridgehead atoms. The molecule has 1 saturated heterocycles. The van der Waals surface area contributed by atoms with Crippen LogP contribution in [0.15, 0.2) is 6.33 Å². The fourth-order valence-corrected chi connectivity index (χ4v) is 5.22. The number of nitrogens with zero attached hydrogens (tertiary/aromatic N) is 3. The molecule has 0 amide bonds. The van der Waals surface area contributed by atoms with Crippen molar-refractivity contribution in [2.75, 3.05) is 11.9 Å². The zero-order chi connectivity index (χ0) is 15.4. The number of fused-ring (bicyclic) bond motifs is 1. The van der Waals surface area contributed by atoms with Gasteiger partial charge in [-0.2, -0.15) is 5.10 Å². The Morgan fingerprint density at radius 3 is 3.22 bits per heavy atom. The Labute approximate surface area is 135 Å². The molecule has 4 unspecified atom stereocenters. The van der Waals surface area contributed by atoms with Crippen LogP contribution in [0.4, 0.5) is 5.82 Å². The first kappa shape index (κ1) is 13.7. The Hall–Kier alpha value is -1.69. The minimum absolute atomic E-state index is 0.173. The van der Waals surface area contributed by atoms with E-state index in [1.807, 2.05) is 0 Å². The maximum atomic E-state index is 6.24. The summed E-state index contributed by atoms with van der Waals surface area (Å²) in [6.45, 7) is 3.08. The fourth-order valence-electron chi connectivity index (χ4n) is 5.22. The molecule has 1 spiro atoms. The van der Waals surface area contributed by atoms with Gasteiger partial charge in [0.05, 0.1) is 11.0 Å². The average molecular weight is 313 g/mol. The molecule has 2 saturated carbocycles. The van der Waals surface area contributed by atoms with Crippen molar-refractivity contribution in [2.45, 2.75) is 57.1 Å². The van der Waals surface area contributed by atoms with Gasteiger partial charge in [-0.25, -0.2) is 9.97 Å². The maximum Gasteiger partial charge on any atom is 0.186 e. The minimum Gasteiger partial charge on any atom is -0.374 e. The smallest absolute Gasteiger partial charge is 0.186 e. The summed E-state index contributed by atoms with van der Waals surface area (Å²) < 4.78 is 6.24. The van der Waals surface area contributed by atoms with Crippen LogP contribution in [0.5, 0.6) is 0 Å². The molecule has 5 rings (SSSR count). The molecule has 1 aliphatic heterocycles. The molecule has 4 atom stereocenters. The van der Waals surface area contributed by atoms with Crippen molar-refractivity contribution in [3.63, 3.8) is 0 Å². The second-order valence-corrected chi connectivity index (χ2v) is 7.25. The molecule has 2 aliphatic carbocycles. The largest absolute Gasteiger partial charge is 0.374 e. The van der Waals surface area contributed by atoms with Gasteiger partial charge in [0.15, 0.2) is 5.65 Å². The number of hydrogen-bond acceptors (Lipinski definition) is 5. The van der Waals surface area contributed by atoms with Crippen LogP contribution in [-0.2, 0) is 11.2 Å². The highest BCUT2D eigenvalue weighted by atomic mass is 16.5. The first-order chi connectivity index (χ1) is 11.3. The van der Waals surface area contributed by atoms with E-state index in [9.17, 15) is 0 Å². The van der Waals surface area contributed by atoms with Crippen LogP contribution < -0.4 is 5.32 Å². The second kappa shape index (κ2) is 4.90. The third-order valence-electron chi connectivity index (χ3n) is 6.36. The summed E-state index contributed by atoms with van der Waals surface area (Å²) in [6, 6.07) is 0.454. The van der Waals surface area contributed by atoms with E-state index in [4.69, 9.17) is 4.74 Å². The zero-order valence-electron chi connectivity index (χ0n) is 13.5. The molecule has 3 fully saturated rings. The minimum atomic E-state index is 0.173. The second-order valence-electron chi connectivity index (χ2n) is 7.25. The fraction of sp³-hybridized carbons (Fsp3) is 0.706. The molecule has 2 N–H and O–H groups in total. The molecule has 0 aromatic carbocycles. The van der Waals surface area contributed by atoms with Gasteiger partial charge >= 0.3 is 0 Å². The normalized spacial score (nSPS) is 35.6. The molecule has 122 valence electrons. The van der Waals surface area contributed by atoms with Gasteiger partial charge in [0.25, 0.3) is 0 Å². The van der Waals surface area contributed by atoms with Crippen molar-refractivity contribution >= 4 is 16.9 Å². The number of nitrogens with one attached hydrogen (secondary N) is 2. The van der Waals surface area contributed by atoms with Gasteiger partial charge in [-0.3, -0.25) is 5.10 Å². The molecule has 23 heavy (non-hydrogen) atoms. The van der Waals surface area contributed by atoms with Gasteiger partial charge in [0, 0.05) is 24.3 Å². The highest BCUT2D eigenvalue weighted by molar-refractivity contribution is 5.88. The molecule has 2 aromatic rings. The van der Waals surface area contributed by atoms with Crippen molar-refractivity contribution in [3.05, 3.63) is 12.0 Å². The standard InChI is InChI=1S/C17H23N5O/c1-2-12-14-15(18-9-19-16(14)22-21-12)20-13-4-3-6-17-10(5-7-23-17)8-11(13)17/h9-11,13H,2-8H2,1H3,(H2,18,19,20,21,22). The van der Waals surface area contributed by atoms with Gasteiger partial charge in [-0.15, -0.1) is 0 Å². The topological polar surface area (TPSA) is 75.7 Å². The highest BCUT2D eigenvalue weighted by Gasteiger charge is 2.62. The number of hydrogen-bond donors (Lipinski definition) is 2. The maximum absolute atomic E-state index is 6.24. The Kier molecular flexibility index (Phi) is 2.92. The van der Waals surface area contributed by atoms with Gasteiger partial charge in [-0.1, -0.05) is 6.92 Å². The van der Waals surface area contributed by atoms with E-state index in [2.05, 4.69) is 32.4 Å². The number of aromatic nitrogens is 4. The van der Waals surface area contributed by atoms with E-state index >= 15 is 0 Å². The monoisotopic (exact) mass is 313 g/mol. The summed E-state index contributed by atoms with van der Waals surface area (Å²) in [5, 5.41) is 12.2. The number of rotatable bonds is 3. The molecule has 3 heterocycles. The summed E-state index contributed by atoms with van der Waals surface area (Å²) in [6.07, 6.45) is 8.76. The van der Waals surface area contributed by atoms with E-state index in [1.165, 1.54) is 32.1 Å². The Morgan fingerprint density at radius 2 is 2.35 bits per heavy atom. The summed E-state index contributed by atoms with van der Waals surface area (Å²) in [5.74, 6) is 2.36. The van der Waals surface area contributed by atoms with Crippen LogP contribution in [0, 0.1) is 11.8 Å². The van der Waals surface area contributed by atoms with Crippen LogP contribution in [0.1, 0.15) is 44.7 Å². The van der Waals surface area contributed by atoms with Crippen molar-refractivity contribution in [3.8, 4) is 0 Å². The zero-order valence-corrected chi connectivity index (χ0v) is 13.5. The molecule has 3 aliphatic rings. The third kappa shape index (κ3) is 1.81. The van der Waals surface area contributed by atoms with Gasteiger partial charge in [0.2, 0.25) is 0 Å². The van der Waals surface area contributed by atoms with Gasteiger partial charge in [-0.05, 0) is 44.4 Å². The Morgan fingerprint density at radius 1 is 1.39 bits per heavy atom. The summed E-state index contributed by atoms with van der Waals surface area (Å²) >= 11 is 0. The quantitative estimate of drug-likeness (QED) is 0.911. The van der Waals surface area contributed by atoms with Gasteiger partial charge in [0.1, 0.15) is 12.1 Å². The summed E-state index contributed by atoms with van der Waals surface area (Å²) in [4.78, 5) is 8.81. The molecule has 6 heteroatoms. The molecular weight excluding hydrogens is 290 g/mol. The Balaban J connectivity index is 1.47. The lowest BCUT2D eigenvalue weighted by atomic mass is 9.53. The number of aryl methyl sites for hydroxylation is 1. The molecule has 6 nitrogen and oxygen atoms in total. The third-order valence-corrected chi connectivity index (χ3v) is 6.36. The van der Waals surface area contributed by atoms with Crippen LogP contribution in [-0.4, -0.2) is 38.4 Å². The van der Waals surface area contributed by atoms with Gasteiger partial charge < -0.3 is 10.1 Å². The van der Waals surface area contributed by atoms with E-state index in [1.54, 1.807) is 6.33 Å². The SMILES string of the molecule is CCc1[nH]nc2ncnc(NC3CCCC45OCCC4CC35)c12. The summed E-state index contributed by atoms with van der Waals surface area (Å²) in [5.41, 5.74) is 2.04. The number of ether oxygens (including phenoxy) is 1. The van der Waals surface area contributed by atoms with E-state index < -0.39 is 0 Å². The van der Waals surface area contributed by atoms with Crippen LogP contribution in [0.3, 0.4) is 0 Å². The van der Waals surface area contributed by atoms with E-state index in [0.29, 0.717) is 12.0 Å². The lowest BCUT2D eigenvalue weighted by Gasteiger charge is -2.57. The van der Waals surface area contributed by atoms with Crippen molar-refractivity contribution in [1.82, 2.24) is 20.2 Å². The molecule has 0 radical (unpaired) electrons. The average Bonchev–Trinajstić information content (AvgIpc) is 3.09. The molecule has 2 aromatic heterocycles. The number of H-pyrrole nitrogens is 1. The highest BCUT2D eigenvalue weighted by Crippen LogP contribution is 2.59. The first-order valence-electron chi connectivity index (χ1n) is 8.90. The number of aromatic amines is 1. The van der Waals surface area contributed by atoms with Crippen molar-refractivity contribution in [1.29, 1.82) is 0 Å². The summed E-state index contributed by atoms with van der Waals surface area (Å²) in [7, 11) is 0. The van der Waals surface area contributed by atoms with E-state index in [-0.39, 0.29) is 5.60 Å². The molecular formula is C17H23N5O. The predicted molar refractivity (Wildman–Crippen MR) is 87.2 cm³/mol. The van der Waals surface area contributed by atoms with E-state index in [0.717, 1.165) is 41.5 Å². The lowest BCUT2D eigenvalue weighted by molar-refractivity contribution is -0.160. The van der Waals surface area contributed by atoms with Crippen molar-refractivity contribution < 1.29 is 4.74 Å². The van der Waals surface area contributed by atoms with Crippen LogP contribution >= 0.6 is 0 Å². The Bertz CT molecular complexity index is 744.